The number of benzene rings is 3. The molecule has 3 rings (SSSR count). The van der Waals surface area contributed by atoms with Gasteiger partial charge in [0.05, 0.1) is 5.69 Å². The number of amides is 1. The lowest BCUT2D eigenvalue weighted by Gasteiger charge is -2.14. The second-order valence-corrected chi connectivity index (χ2v) is 8.46. The highest BCUT2D eigenvalue weighted by Gasteiger charge is 2.14. The molecule has 0 bridgehead atoms. The van der Waals surface area contributed by atoms with Gasteiger partial charge in [-0.15, -0.1) is 0 Å². The first-order valence-electron chi connectivity index (χ1n) is 8.46. The van der Waals surface area contributed by atoms with E-state index in [1.165, 1.54) is 0 Å². The SMILES string of the molecule is O=C(NC(=S)Nc1c(Br)cccc1Br)c1ccccc1COc1ccc(Cl)cc1. The van der Waals surface area contributed by atoms with Gasteiger partial charge in [-0.1, -0.05) is 35.9 Å². The molecule has 8 heteroatoms. The summed E-state index contributed by atoms with van der Waals surface area (Å²) >= 11 is 18.1. The fourth-order valence-corrected chi connectivity index (χ4v) is 4.01. The molecule has 0 unspecified atom stereocenters. The molecule has 0 saturated heterocycles. The predicted octanol–water partition coefficient (Wildman–Crippen LogP) is 6.57. The number of ether oxygens (including phenoxy) is 1. The van der Waals surface area contributed by atoms with Gasteiger partial charge >= 0.3 is 0 Å². The minimum Gasteiger partial charge on any atom is -0.489 e. The molecule has 148 valence electrons. The Kier molecular flexibility index (Phi) is 7.66. The third-order valence-corrected chi connectivity index (χ3v) is 5.68. The van der Waals surface area contributed by atoms with Crippen LogP contribution in [0, 0.1) is 0 Å². The van der Waals surface area contributed by atoms with Crippen molar-refractivity contribution in [2.24, 2.45) is 0 Å². The molecule has 0 fully saturated rings. The van der Waals surface area contributed by atoms with Crippen LogP contribution >= 0.6 is 55.7 Å². The van der Waals surface area contributed by atoms with Gasteiger partial charge in [-0.2, -0.15) is 0 Å². The number of carbonyl (C=O) groups excluding carboxylic acids is 1. The van der Waals surface area contributed by atoms with Crippen molar-refractivity contribution in [2.75, 3.05) is 5.32 Å². The summed E-state index contributed by atoms with van der Waals surface area (Å²) in [5.41, 5.74) is 1.96. The van der Waals surface area contributed by atoms with Crippen LogP contribution in [0.25, 0.3) is 0 Å². The highest BCUT2D eigenvalue weighted by Crippen LogP contribution is 2.30. The monoisotopic (exact) mass is 552 g/mol. The molecule has 2 N–H and O–H groups in total. The van der Waals surface area contributed by atoms with Crippen LogP contribution in [0.2, 0.25) is 5.02 Å². The van der Waals surface area contributed by atoms with Gasteiger partial charge in [0.15, 0.2) is 5.11 Å². The molecule has 0 spiro atoms. The molecule has 0 aliphatic heterocycles. The Morgan fingerprint density at radius 2 is 1.62 bits per heavy atom. The Hall–Kier alpha value is -1.93. The lowest BCUT2D eigenvalue weighted by Crippen LogP contribution is -2.35. The number of hydrogen-bond donors (Lipinski definition) is 2. The van der Waals surface area contributed by atoms with Crippen LogP contribution < -0.4 is 15.4 Å². The van der Waals surface area contributed by atoms with E-state index in [9.17, 15) is 4.79 Å². The Balaban J connectivity index is 1.67. The van der Waals surface area contributed by atoms with Gasteiger partial charge in [0, 0.05) is 25.1 Å². The topological polar surface area (TPSA) is 50.4 Å². The molecular formula is C21H15Br2ClN2O2S. The maximum absolute atomic E-state index is 12.8. The van der Waals surface area contributed by atoms with Crippen molar-refractivity contribution >= 4 is 72.4 Å². The van der Waals surface area contributed by atoms with Crippen molar-refractivity contribution in [3.05, 3.63) is 91.8 Å². The summed E-state index contributed by atoms with van der Waals surface area (Å²) in [5, 5.41) is 6.56. The van der Waals surface area contributed by atoms with Gasteiger partial charge in [-0.25, -0.2) is 0 Å². The number of anilines is 1. The zero-order valence-electron chi connectivity index (χ0n) is 14.9. The molecule has 0 radical (unpaired) electrons. The first-order valence-corrected chi connectivity index (χ1v) is 10.8. The van der Waals surface area contributed by atoms with E-state index in [0.717, 1.165) is 20.2 Å². The average molecular weight is 555 g/mol. The highest BCUT2D eigenvalue weighted by molar-refractivity contribution is 9.11. The zero-order valence-corrected chi connectivity index (χ0v) is 19.7. The average Bonchev–Trinajstić information content (AvgIpc) is 2.70. The summed E-state index contributed by atoms with van der Waals surface area (Å²) < 4.78 is 7.41. The van der Waals surface area contributed by atoms with Crippen molar-refractivity contribution in [1.29, 1.82) is 0 Å². The summed E-state index contributed by atoms with van der Waals surface area (Å²) in [6, 6.07) is 19.9. The van der Waals surface area contributed by atoms with E-state index >= 15 is 0 Å². The standard InChI is InChI=1S/C21H15Br2ClN2O2S/c22-17-6-3-7-18(23)19(17)25-21(29)26-20(27)16-5-2-1-4-13(16)12-28-15-10-8-14(24)9-11-15/h1-11H,12H2,(H2,25,26,27,29). The maximum atomic E-state index is 12.8. The van der Waals surface area contributed by atoms with E-state index in [1.807, 2.05) is 30.3 Å². The van der Waals surface area contributed by atoms with E-state index < -0.39 is 0 Å². The summed E-state index contributed by atoms with van der Waals surface area (Å²) in [4.78, 5) is 12.8. The van der Waals surface area contributed by atoms with Crippen LogP contribution in [0.5, 0.6) is 5.75 Å². The third kappa shape index (κ3) is 6.02. The lowest BCUT2D eigenvalue weighted by atomic mass is 10.1. The molecule has 3 aromatic rings. The Labute approximate surface area is 195 Å². The minimum atomic E-state index is -0.319. The zero-order chi connectivity index (χ0) is 20.8. The molecule has 0 aliphatic rings. The molecule has 1 amide bonds. The Morgan fingerprint density at radius 3 is 2.31 bits per heavy atom. The van der Waals surface area contributed by atoms with E-state index in [2.05, 4.69) is 42.5 Å². The van der Waals surface area contributed by atoms with Crippen molar-refractivity contribution in [3.63, 3.8) is 0 Å². The van der Waals surface area contributed by atoms with E-state index in [1.54, 1.807) is 36.4 Å². The van der Waals surface area contributed by atoms with Gasteiger partial charge in [-0.05, 0) is 86.5 Å². The largest absolute Gasteiger partial charge is 0.489 e. The Bertz CT molecular complexity index is 1020. The highest BCUT2D eigenvalue weighted by atomic mass is 79.9. The predicted molar refractivity (Wildman–Crippen MR) is 128 cm³/mol. The van der Waals surface area contributed by atoms with Gasteiger partial charge in [0.1, 0.15) is 12.4 Å². The third-order valence-electron chi connectivity index (χ3n) is 3.90. The summed E-state index contributed by atoms with van der Waals surface area (Å²) in [6.45, 7) is 0.237. The molecule has 4 nitrogen and oxygen atoms in total. The number of para-hydroxylation sites is 1. The first kappa shape index (κ1) is 21.8. The molecule has 3 aromatic carbocycles. The van der Waals surface area contributed by atoms with Crippen molar-refractivity contribution in [1.82, 2.24) is 5.32 Å². The molecule has 0 aromatic heterocycles. The van der Waals surface area contributed by atoms with Crippen LogP contribution in [0.1, 0.15) is 15.9 Å². The number of hydrogen-bond acceptors (Lipinski definition) is 3. The van der Waals surface area contributed by atoms with Crippen LogP contribution in [0.15, 0.2) is 75.7 Å². The molecular weight excluding hydrogens is 540 g/mol. The van der Waals surface area contributed by atoms with Crippen LogP contribution in [-0.2, 0) is 6.61 Å². The van der Waals surface area contributed by atoms with Crippen molar-refractivity contribution in [3.8, 4) is 5.75 Å². The van der Waals surface area contributed by atoms with E-state index in [0.29, 0.717) is 16.3 Å². The van der Waals surface area contributed by atoms with Gasteiger partial charge in [-0.3, -0.25) is 10.1 Å². The number of halogens is 3. The number of nitrogens with one attached hydrogen (secondary N) is 2. The summed E-state index contributed by atoms with van der Waals surface area (Å²) in [7, 11) is 0. The fourth-order valence-electron chi connectivity index (χ4n) is 2.49. The Morgan fingerprint density at radius 1 is 0.966 bits per heavy atom. The van der Waals surface area contributed by atoms with Crippen LogP contribution in [-0.4, -0.2) is 11.0 Å². The van der Waals surface area contributed by atoms with Crippen molar-refractivity contribution in [2.45, 2.75) is 6.61 Å². The van der Waals surface area contributed by atoms with Gasteiger partial charge in [0.25, 0.3) is 5.91 Å². The second kappa shape index (κ2) is 10.2. The maximum Gasteiger partial charge on any atom is 0.257 e. The van der Waals surface area contributed by atoms with Crippen molar-refractivity contribution < 1.29 is 9.53 Å². The van der Waals surface area contributed by atoms with Gasteiger partial charge < -0.3 is 10.1 Å². The van der Waals surface area contributed by atoms with Gasteiger partial charge in [0.2, 0.25) is 0 Å². The molecule has 0 atom stereocenters. The minimum absolute atomic E-state index is 0.191. The molecule has 0 saturated carbocycles. The number of carbonyl (C=O) groups is 1. The fraction of sp³-hybridized carbons (Fsp3) is 0.0476. The molecule has 0 aliphatic carbocycles. The van der Waals surface area contributed by atoms with Crippen LogP contribution in [0.3, 0.4) is 0 Å². The number of thiocarbonyl (C=S) groups is 1. The van der Waals surface area contributed by atoms with Crippen LogP contribution in [0.4, 0.5) is 5.69 Å². The molecule has 29 heavy (non-hydrogen) atoms. The first-order chi connectivity index (χ1) is 13.9. The summed E-state index contributed by atoms with van der Waals surface area (Å²) in [5.74, 6) is 0.349. The lowest BCUT2D eigenvalue weighted by molar-refractivity contribution is 0.0975. The smallest absolute Gasteiger partial charge is 0.257 e. The quantitative estimate of drug-likeness (QED) is 0.350. The second-order valence-electron chi connectivity index (χ2n) is 5.90. The normalized spacial score (nSPS) is 10.3. The summed E-state index contributed by atoms with van der Waals surface area (Å²) in [6.07, 6.45) is 0. The molecule has 0 heterocycles. The number of rotatable bonds is 5. The van der Waals surface area contributed by atoms with E-state index in [4.69, 9.17) is 28.6 Å². The van der Waals surface area contributed by atoms with E-state index in [-0.39, 0.29) is 17.6 Å².